The van der Waals surface area contributed by atoms with Crippen molar-refractivity contribution >= 4 is 5.91 Å². The van der Waals surface area contributed by atoms with Gasteiger partial charge in [-0.15, -0.1) is 10.2 Å². The lowest BCUT2D eigenvalue weighted by Crippen LogP contribution is -2.29. The van der Waals surface area contributed by atoms with Crippen LogP contribution in [-0.4, -0.2) is 27.2 Å². The first-order valence-corrected chi connectivity index (χ1v) is 7.14. The zero-order valence-electron chi connectivity index (χ0n) is 12.1. The van der Waals surface area contributed by atoms with Gasteiger partial charge in [0.15, 0.2) is 0 Å². The van der Waals surface area contributed by atoms with Gasteiger partial charge in [-0.05, 0) is 25.5 Å². The Bertz CT molecular complexity index is 680. The first-order chi connectivity index (χ1) is 10.6. The van der Waals surface area contributed by atoms with Crippen LogP contribution < -0.4 is 5.32 Å². The van der Waals surface area contributed by atoms with Crippen LogP contribution in [0.3, 0.4) is 0 Å². The summed E-state index contributed by atoms with van der Waals surface area (Å²) in [5.41, 5.74) is 0.0253. The van der Waals surface area contributed by atoms with Crippen molar-refractivity contribution in [2.45, 2.75) is 25.8 Å². The summed E-state index contributed by atoms with van der Waals surface area (Å²) in [7, 11) is 0. The van der Waals surface area contributed by atoms with E-state index in [9.17, 15) is 13.6 Å². The van der Waals surface area contributed by atoms with Gasteiger partial charge in [-0.25, -0.2) is 8.78 Å². The van der Waals surface area contributed by atoms with Crippen LogP contribution in [0.2, 0.25) is 0 Å². The Morgan fingerprint density at radius 2 is 2.14 bits per heavy atom. The van der Waals surface area contributed by atoms with Gasteiger partial charge < -0.3 is 9.88 Å². The third-order valence-electron chi connectivity index (χ3n) is 3.96. The number of halogens is 2. The van der Waals surface area contributed by atoms with Gasteiger partial charge in [0.2, 0.25) is 5.91 Å². The second kappa shape index (κ2) is 5.82. The van der Waals surface area contributed by atoms with E-state index in [0.717, 1.165) is 5.82 Å². The molecule has 0 spiro atoms. The Morgan fingerprint density at radius 1 is 1.41 bits per heavy atom. The van der Waals surface area contributed by atoms with Crippen LogP contribution in [0.5, 0.6) is 0 Å². The molecular formula is C15H16F2N4O. The molecular weight excluding hydrogens is 290 g/mol. The van der Waals surface area contributed by atoms with Crippen LogP contribution in [0.1, 0.15) is 23.7 Å². The molecule has 7 heteroatoms. The third-order valence-corrected chi connectivity index (χ3v) is 3.96. The van der Waals surface area contributed by atoms with Crippen LogP contribution in [0.25, 0.3) is 0 Å². The van der Waals surface area contributed by atoms with E-state index >= 15 is 0 Å². The van der Waals surface area contributed by atoms with E-state index in [2.05, 4.69) is 15.5 Å². The summed E-state index contributed by atoms with van der Waals surface area (Å²) in [5, 5.41) is 10.4. The van der Waals surface area contributed by atoms with Gasteiger partial charge >= 0.3 is 0 Å². The quantitative estimate of drug-likeness (QED) is 0.916. The molecule has 1 aromatic heterocycles. The van der Waals surface area contributed by atoms with E-state index in [4.69, 9.17) is 0 Å². The highest BCUT2D eigenvalue weighted by Crippen LogP contribution is 2.49. The second-order valence-electron chi connectivity index (χ2n) is 5.45. The number of hydrogen-bond acceptors (Lipinski definition) is 3. The fourth-order valence-corrected chi connectivity index (χ4v) is 2.63. The number of hydrogen-bond donors (Lipinski definition) is 1. The average molecular weight is 306 g/mol. The smallest absolute Gasteiger partial charge is 0.223 e. The number of carbonyl (C=O) groups excluding carboxylic acids is 1. The third kappa shape index (κ3) is 2.84. The predicted molar refractivity (Wildman–Crippen MR) is 75.0 cm³/mol. The monoisotopic (exact) mass is 306 g/mol. The first-order valence-electron chi connectivity index (χ1n) is 7.14. The van der Waals surface area contributed by atoms with Gasteiger partial charge in [0.1, 0.15) is 23.8 Å². The number of benzene rings is 1. The van der Waals surface area contributed by atoms with E-state index in [1.165, 1.54) is 18.2 Å². The molecule has 0 aliphatic heterocycles. The molecule has 0 bridgehead atoms. The zero-order chi connectivity index (χ0) is 15.7. The Morgan fingerprint density at radius 3 is 2.77 bits per heavy atom. The summed E-state index contributed by atoms with van der Waals surface area (Å²) in [6.45, 7) is 2.82. The number of nitrogens with one attached hydrogen (secondary N) is 1. The molecule has 3 rings (SSSR count). The molecule has 1 amide bonds. The van der Waals surface area contributed by atoms with Crippen LogP contribution in [0.4, 0.5) is 8.78 Å². The molecule has 1 aliphatic rings. The molecule has 1 saturated carbocycles. The topological polar surface area (TPSA) is 59.8 Å². The molecule has 5 nitrogen and oxygen atoms in total. The van der Waals surface area contributed by atoms with E-state index in [1.54, 1.807) is 6.33 Å². The molecule has 2 aromatic rings. The Hall–Kier alpha value is -2.31. The van der Waals surface area contributed by atoms with Crippen molar-refractivity contribution in [3.05, 3.63) is 47.5 Å². The molecule has 2 atom stereocenters. The van der Waals surface area contributed by atoms with E-state index in [-0.39, 0.29) is 23.3 Å². The van der Waals surface area contributed by atoms with Gasteiger partial charge in [-0.2, -0.15) is 0 Å². The average Bonchev–Trinajstić information content (AvgIpc) is 3.15. The second-order valence-corrected chi connectivity index (χ2v) is 5.45. The van der Waals surface area contributed by atoms with Crippen molar-refractivity contribution in [2.75, 3.05) is 6.54 Å². The lowest BCUT2D eigenvalue weighted by molar-refractivity contribution is -0.122. The Labute approximate surface area is 126 Å². The molecule has 0 unspecified atom stereocenters. The molecule has 0 radical (unpaired) electrons. The van der Waals surface area contributed by atoms with Crippen LogP contribution in [0.15, 0.2) is 24.5 Å². The lowest BCUT2D eigenvalue weighted by Gasteiger charge is -2.07. The number of amides is 1. The SMILES string of the molecule is Cc1nncn1CCNC(=O)[C@@H]1C[C@H]1c1c(F)cccc1F. The molecule has 1 fully saturated rings. The summed E-state index contributed by atoms with van der Waals surface area (Å²) in [5.74, 6) is -1.28. The number of aryl methyl sites for hydroxylation is 1. The maximum absolute atomic E-state index is 13.7. The van der Waals surface area contributed by atoms with E-state index in [0.29, 0.717) is 19.5 Å². The van der Waals surface area contributed by atoms with Crippen molar-refractivity contribution in [3.63, 3.8) is 0 Å². The van der Waals surface area contributed by atoms with Crippen molar-refractivity contribution in [3.8, 4) is 0 Å². The predicted octanol–water partition coefficient (Wildman–Crippen LogP) is 1.78. The van der Waals surface area contributed by atoms with Crippen LogP contribution >= 0.6 is 0 Å². The zero-order valence-corrected chi connectivity index (χ0v) is 12.1. The standard InChI is InChI=1S/C15H16F2N4O/c1-9-20-19-8-21(9)6-5-18-15(22)11-7-10(11)14-12(16)3-2-4-13(14)17/h2-4,8,10-11H,5-7H2,1H3,(H,18,22)/t10-,11-/m1/s1. The fourth-order valence-electron chi connectivity index (χ4n) is 2.63. The van der Waals surface area contributed by atoms with Gasteiger partial charge in [0.05, 0.1) is 0 Å². The van der Waals surface area contributed by atoms with Gasteiger partial charge in [0, 0.05) is 30.5 Å². The van der Waals surface area contributed by atoms with E-state index < -0.39 is 11.6 Å². The van der Waals surface area contributed by atoms with Crippen LogP contribution in [0, 0.1) is 24.5 Å². The van der Waals surface area contributed by atoms with Crippen molar-refractivity contribution in [2.24, 2.45) is 5.92 Å². The normalized spacial score (nSPS) is 20.0. The molecule has 22 heavy (non-hydrogen) atoms. The Kier molecular flexibility index (Phi) is 3.87. The summed E-state index contributed by atoms with van der Waals surface area (Å²) in [6.07, 6.45) is 2.07. The Balaban J connectivity index is 1.54. The first kappa shape index (κ1) is 14.6. The van der Waals surface area contributed by atoms with E-state index in [1.807, 2.05) is 11.5 Å². The fraction of sp³-hybridized carbons (Fsp3) is 0.400. The molecule has 1 aromatic carbocycles. The highest BCUT2D eigenvalue weighted by molar-refractivity contribution is 5.82. The van der Waals surface area contributed by atoms with Gasteiger partial charge in [0.25, 0.3) is 0 Å². The minimum atomic E-state index is -0.583. The lowest BCUT2D eigenvalue weighted by atomic mass is 10.1. The summed E-state index contributed by atoms with van der Waals surface area (Å²) in [4.78, 5) is 12.0. The highest BCUT2D eigenvalue weighted by atomic mass is 19.1. The highest BCUT2D eigenvalue weighted by Gasteiger charge is 2.46. The van der Waals surface area contributed by atoms with Gasteiger partial charge in [-0.3, -0.25) is 4.79 Å². The molecule has 0 saturated heterocycles. The molecule has 1 aliphatic carbocycles. The number of rotatable bonds is 5. The maximum atomic E-state index is 13.7. The minimum Gasteiger partial charge on any atom is -0.354 e. The molecule has 1 heterocycles. The summed E-state index contributed by atoms with van der Waals surface area (Å²) >= 11 is 0. The van der Waals surface area contributed by atoms with Crippen molar-refractivity contribution < 1.29 is 13.6 Å². The minimum absolute atomic E-state index is 0.0253. The number of nitrogens with zero attached hydrogens (tertiary/aromatic N) is 3. The largest absolute Gasteiger partial charge is 0.354 e. The van der Waals surface area contributed by atoms with Crippen molar-refractivity contribution in [1.82, 2.24) is 20.1 Å². The molecule has 1 N–H and O–H groups in total. The van der Waals surface area contributed by atoms with Crippen molar-refractivity contribution in [1.29, 1.82) is 0 Å². The molecule has 116 valence electrons. The maximum Gasteiger partial charge on any atom is 0.223 e. The van der Waals surface area contributed by atoms with Gasteiger partial charge in [-0.1, -0.05) is 6.07 Å². The summed E-state index contributed by atoms with van der Waals surface area (Å²) < 4.78 is 29.2. The number of aromatic nitrogens is 3. The van der Waals surface area contributed by atoms with Crippen LogP contribution in [-0.2, 0) is 11.3 Å². The number of carbonyl (C=O) groups is 1. The summed E-state index contributed by atoms with van der Waals surface area (Å²) in [6, 6.07) is 3.77.